The molecule has 0 bridgehead atoms. The summed E-state index contributed by atoms with van der Waals surface area (Å²) >= 11 is 0. The largest absolute Gasteiger partial charge is 0.370 e. The number of ketones is 1. The number of methoxy groups -OCH3 is 1. The second kappa shape index (κ2) is 7.16. The Balaban J connectivity index is 2.29. The average Bonchev–Trinajstić information content (AvgIpc) is 2.54. The normalized spacial score (nSPS) is 13.7. The van der Waals surface area contributed by atoms with Crippen molar-refractivity contribution >= 4 is 5.78 Å². The van der Waals surface area contributed by atoms with E-state index in [1.54, 1.807) is 7.11 Å². The molecule has 2 N–H and O–H groups in total. The van der Waals surface area contributed by atoms with E-state index in [2.05, 4.69) is 0 Å². The van der Waals surface area contributed by atoms with Crippen LogP contribution in [0.2, 0.25) is 0 Å². The number of carbonyl (C=O) groups excluding carboxylic acids is 1. The third-order valence-electron chi connectivity index (χ3n) is 3.71. The van der Waals surface area contributed by atoms with Crippen molar-refractivity contribution in [1.29, 1.82) is 0 Å². The fraction of sp³-hybridized carbons (Fsp3) is 0.278. The SMILES string of the molecule is C[NH2+][C@H](C(=O)c1ccccc1)[C@@H](OC)c1ccc(C)cc1. The topological polar surface area (TPSA) is 42.9 Å². The lowest BCUT2D eigenvalue weighted by atomic mass is 9.94. The van der Waals surface area contributed by atoms with Gasteiger partial charge in [-0.15, -0.1) is 0 Å². The quantitative estimate of drug-likeness (QED) is 0.826. The van der Waals surface area contributed by atoms with E-state index < -0.39 is 0 Å². The molecule has 110 valence electrons. The molecule has 2 aromatic rings. The maximum atomic E-state index is 12.7. The van der Waals surface area contributed by atoms with Gasteiger partial charge in [0.1, 0.15) is 6.10 Å². The average molecular weight is 284 g/mol. The Morgan fingerprint density at radius 2 is 1.67 bits per heavy atom. The van der Waals surface area contributed by atoms with E-state index in [1.807, 2.05) is 73.9 Å². The van der Waals surface area contributed by atoms with Crippen molar-refractivity contribution in [3.05, 3.63) is 71.3 Å². The molecule has 21 heavy (non-hydrogen) atoms. The highest BCUT2D eigenvalue weighted by atomic mass is 16.5. The highest BCUT2D eigenvalue weighted by molar-refractivity contribution is 5.99. The third kappa shape index (κ3) is 3.57. The minimum atomic E-state index is -0.292. The van der Waals surface area contributed by atoms with Crippen LogP contribution < -0.4 is 5.32 Å². The molecule has 0 amide bonds. The van der Waals surface area contributed by atoms with Gasteiger partial charge in [0.25, 0.3) is 0 Å². The first-order chi connectivity index (χ1) is 10.2. The number of benzene rings is 2. The summed E-state index contributed by atoms with van der Waals surface area (Å²) in [5.41, 5.74) is 2.94. The molecule has 0 aliphatic carbocycles. The van der Waals surface area contributed by atoms with Crippen LogP contribution in [-0.2, 0) is 4.74 Å². The number of carbonyl (C=O) groups is 1. The number of rotatable bonds is 6. The van der Waals surface area contributed by atoms with Gasteiger partial charge >= 0.3 is 0 Å². The fourth-order valence-electron chi connectivity index (χ4n) is 2.50. The van der Waals surface area contributed by atoms with Crippen molar-refractivity contribution in [1.82, 2.24) is 0 Å². The van der Waals surface area contributed by atoms with Crippen molar-refractivity contribution in [3.63, 3.8) is 0 Å². The minimum absolute atomic E-state index is 0.0884. The summed E-state index contributed by atoms with van der Waals surface area (Å²) in [6, 6.07) is 17.2. The van der Waals surface area contributed by atoms with Gasteiger partial charge in [0.05, 0.1) is 7.05 Å². The number of likely N-dealkylation sites (N-methyl/N-ethyl adjacent to an activating group) is 1. The molecule has 2 aromatic carbocycles. The van der Waals surface area contributed by atoms with E-state index in [9.17, 15) is 4.79 Å². The Kier molecular flexibility index (Phi) is 5.26. The molecule has 3 heteroatoms. The molecule has 2 atom stereocenters. The van der Waals surface area contributed by atoms with Crippen LogP contribution in [0.5, 0.6) is 0 Å². The lowest BCUT2D eigenvalue weighted by Gasteiger charge is -2.22. The Morgan fingerprint density at radius 3 is 2.19 bits per heavy atom. The predicted molar refractivity (Wildman–Crippen MR) is 83.3 cm³/mol. The van der Waals surface area contributed by atoms with Crippen molar-refractivity contribution in [2.75, 3.05) is 14.2 Å². The van der Waals surface area contributed by atoms with Crippen LogP contribution >= 0.6 is 0 Å². The maximum absolute atomic E-state index is 12.7. The van der Waals surface area contributed by atoms with E-state index in [4.69, 9.17) is 4.74 Å². The summed E-state index contributed by atoms with van der Waals surface area (Å²) in [4.78, 5) is 12.7. The van der Waals surface area contributed by atoms with Crippen LogP contribution in [0.4, 0.5) is 0 Å². The number of ether oxygens (including phenoxy) is 1. The molecule has 0 aliphatic heterocycles. The standard InChI is InChI=1S/C18H21NO2/c1-13-9-11-15(12-10-13)18(21-3)16(19-2)17(20)14-7-5-4-6-8-14/h4-12,16,18-19H,1-3H3/p+1/t16-,18+/m1/s1. The van der Waals surface area contributed by atoms with Crippen molar-refractivity contribution in [3.8, 4) is 0 Å². The fourth-order valence-corrected chi connectivity index (χ4v) is 2.50. The number of aryl methyl sites for hydroxylation is 1. The minimum Gasteiger partial charge on any atom is -0.370 e. The van der Waals surface area contributed by atoms with Gasteiger partial charge in [-0.1, -0.05) is 60.2 Å². The number of hydrogen-bond donors (Lipinski definition) is 1. The first kappa shape index (κ1) is 15.4. The number of Topliss-reactive ketones (excluding diaryl/α,β-unsaturated/α-hetero) is 1. The molecule has 3 nitrogen and oxygen atoms in total. The zero-order valence-corrected chi connectivity index (χ0v) is 12.7. The van der Waals surface area contributed by atoms with E-state index in [1.165, 1.54) is 5.56 Å². The van der Waals surface area contributed by atoms with Gasteiger partial charge < -0.3 is 10.1 Å². The van der Waals surface area contributed by atoms with Crippen molar-refractivity contribution in [2.24, 2.45) is 0 Å². The Bertz CT molecular complexity index is 578. The van der Waals surface area contributed by atoms with Gasteiger partial charge in [0.2, 0.25) is 5.78 Å². The smallest absolute Gasteiger partial charge is 0.222 e. The van der Waals surface area contributed by atoms with E-state index in [-0.39, 0.29) is 17.9 Å². The highest BCUT2D eigenvalue weighted by Gasteiger charge is 2.32. The van der Waals surface area contributed by atoms with Gasteiger partial charge in [-0.2, -0.15) is 0 Å². The van der Waals surface area contributed by atoms with Crippen LogP contribution in [-0.4, -0.2) is 26.0 Å². The summed E-state index contributed by atoms with van der Waals surface area (Å²) < 4.78 is 5.62. The second-order valence-electron chi connectivity index (χ2n) is 5.16. The molecular formula is C18H22NO2+. The van der Waals surface area contributed by atoms with Gasteiger partial charge in [0.15, 0.2) is 6.04 Å². The Labute approximate surface area is 126 Å². The molecule has 0 radical (unpaired) electrons. The monoisotopic (exact) mass is 284 g/mol. The third-order valence-corrected chi connectivity index (χ3v) is 3.71. The van der Waals surface area contributed by atoms with Gasteiger partial charge in [-0.3, -0.25) is 4.79 Å². The number of quaternary nitrogens is 1. The zero-order chi connectivity index (χ0) is 15.2. The Morgan fingerprint density at radius 1 is 1.05 bits per heavy atom. The van der Waals surface area contributed by atoms with Crippen LogP contribution in [0.25, 0.3) is 0 Å². The van der Waals surface area contributed by atoms with Crippen molar-refractivity contribution in [2.45, 2.75) is 19.1 Å². The van der Waals surface area contributed by atoms with Crippen LogP contribution in [0.3, 0.4) is 0 Å². The summed E-state index contributed by atoms with van der Waals surface area (Å²) in [5.74, 6) is 0.0884. The predicted octanol–water partition coefficient (Wildman–Crippen LogP) is 2.13. The van der Waals surface area contributed by atoms with Crippen LogP contribution in [0.15, 0.2) is 54.6 Å². The summed E-state index contributed by atoms with van der Waals surface area (Å²) in [5, 5.41) is 1.92. The van der Waals surface area contributed by atoms with E-state index in [0.29, 0.717) is 0 Å². The molecular weight excluding hydrogens is 262 g/mol. The summed E-state index contributed by atoms with van der Waals surface area (Å²) in [6.45, 7) is 2.05. The first-order valence-corrected chi connectivity index (χ1v) is 7.15. The molecule has 0 heterocycles. The lowest BCUT2D eigenvalue weighted by Crippen LogP contribution is -2.89. The molecule has 0 aliphatic rings. The van der Waals surface area contributed by atoms with E-state index >= 15 is 0 Å². The molecule has 0 saturated heterocycles. The Hall–Kier alpha value is -1.97. The lowest BCUT2D eigenvalue weighted by molar-refractivity contribution is -0.657. The molecule has 0 unspecified atom stereocenters. The number of nitrogens with two attached hydrogens (primary N) is 1. The summed E-state index contributed by atoms with van der Waals surface area (Å²) in [7, 11) is 3.56. The van der Waals surface area contributed by atoms with Crippen LogP contribution in [0, 0.1) is 6.92 Å². The molecule has 0 saturated carbocycles. The molecule has 2 rings (SSSR count). The van der Waals surface area contributed by atoms with E-state index in [0.717, 1.165) is 11.1 Å². The molecule has 0 aromatic heterocycles. The molecule has 0 fully saturated rings. The second-order valence-corrected chi connectivity index (χ2v) is 5.16. The summed E-state index contributed by atoms with van der Waals surface area (Å²) in [6.07, 6.45) is -0.261. The number of hydrogen-bond acceptors (Lipinski definition) is 2. The van der Waals surface area contributed by atoms with Gasteiger partial charge in [-0.05, 0) is 12.5 Å². The zero-order valence-electron chi connectivity index (χ0n) is 12.7. The van der Waals surface area contributed by atoms with Crippen LogP contribution in [0.1, 0.15) is 27.6 Å². The van der Waals surface area contributed by atoms with Crippen molar-refractivity contribution < 1.29 is 14.8 Å². The maximum Gasteiger partial charge on any atom is 0.222 e. The van der Waals surface area contributed by atoms with Gasteiger partial charge in [-0.25, -0.2) is 0 Å². The first-order valence-electron chi connectivity index (χ1n) is 7.15. The highest BCUT2D eigenvalue weighted by Crippen LogP contribution is 2.21. The molecule has 0 spiro atoms. The van der Waals surface area contributed by atoms with Gasteiger partial charge in [0, 0.05) is 12.7 Å².